The number of phenols is 1. The first kappa shape index (κ1) is 9.36. The van der Waals surface area contributed by atoms with E-state index < -0.39 is 0 Å². The summed E-state index contributed by atoms with van der Waals surface area (Å²) in [5.74, 6) is 0.240. The Labute approximate surface area is 77.2 Å². The predicted molar refractivity (Wildman–Crippen MR) is 50.6 cm³/mol. The Balaban J connectivity index is 3.12. The lowest BCUT2D eigenvalue weighted by Gasteiger charge is -2.13. The largest absolute Gasteiger partial charge is 0.508 e. The van der Waals surface area contributed by atoms with Crippen molar-refractivity contribution in [3.05, 3.63) is 28.8 Å². The minimum absolute atomic E-state index is 0.0682. The van der Waals surface area contributed by atoms with Crippen LogP contribution in [-0.4, -0.2) is 12.2 Å². The van der Waals surface area contributed by atoms with Crippen LogP contribution in [0.4, 0.5) is 0 Å². The summed E-state index contributed by atoms with van der Waals surface area (Å²) in [6.07, 6.45) is 0. The Morgan fingerprint density at radius 1 is 1.50 bits per heavy atom. The SMILES string of the molecule is CNC(C)c1c(O)cccc1Cl. The van der Waals surface area contributed by atoms with Crippen LogP contribution in [0.25, 0.3) is 0 Å². The van der Waals surface area contributed by atoms with Crippen molar-refractivity contribution < 1.29 is 5.11 Å². The summed E-state index contributed by atoms with van der Waals surface area (Å²) in [5.41, 5.74) is 0.752. The molecule has 0 aliphatic rings. The topological polar surface area (TPSA) is 32.3 Å². The number of rotatable bonds is 2. The number of halogens is 1. The zero-order chi connectivity index (χ0) is 9.14. The van der Waals surface area contributed by atoms with E-state index in [9.17, 15) is 5.11 Å². The molecule has 0 spiro atoms. The van der Waals surface area contributed by atoms with Crippen LogP contribution >= 0.6 is 11.6 Å². The summed E-state index contributed by atoms with van der Waals surface area (Å²) < 4.78 is 0. The zero-order valence-corrected chi connectivity index (χ0v) is 7.89. The summed E-state index contributed by atoms with van der Waals surface area (Å²) in [4.78, 5) is 0. The highest BCUT2D eigenvalue weighted by molar-refractivity contribution is 6.31. The lowest BCUT2D eigenvalue weighted by atomic mass is 10.1. The monoisotopic (exact) mass is 185 g/mol. The lowest BCUT2D eigenvalue weighted by Crippen LogP contribution is -2.12. The van der Waals surface area contributed by atoms with Crippen molar-refractivity contribution in [1.29, 1.82) is 0 Å². The molecule has 1 unspecified atom stereocenters. The molecule has 1 rings (SSSR count). The van der Waals surface area contributed by atoms with Crippen LogP contribution < -0.4 is 5.32 Å². The van der Waals surface area contributed by atoms with Gasteiger partial charge in [-0.25, -0.2) is 0 Å². The average molecular weight is 186 g/mol. The van der Waals surface area contributed by atoms with Crippen LogP contribution in [0.5, 0.6) is 5.75 Å². The van der Waals surface area contributed by atoms with E-state index in [-0.39, 0.29) is 11.8 Å². The summed E-state index contributed by atoms with van der Waals surface area (Å²) >= 11 is 5.90. The highest BCUT2D eigenvalue weighted by atomic mass is 35.5. The Morgan fingerprint density at radius 3 is 2.67 bits per heavy atom. The van der Waals surface area contributed by atoms with Gasteiger partial charge in [-0.1, -0.05) is 17.7 Å². The van der Waals surface area contributed by atoms with Gasteiger partial charge in [-0.05, 0) is 26.1 Å². The highest BCUT2D eigenvalue weighted by Crippen LogP contribution is 2.30. The maximum absolute atomic E-state index is 9.47. The molecule has 0 amide bonds. The molecule has 66 valence electrons. The summed E-state index contributed by atoms with van der Waals surface area (Å²) in [6, 6.07) is 5.20. The molecule has 2 nitrogen and oxygen atoms in total. The fourth-order valence-electron chi connectivity index (χ4n) is 1.10. The van der Waals surface area contributed by atoms with E-state index >= 15 is 0 Å². The molecule has 1 aromatic carbocycles. The molecule has 0 aliphatic heterocycles. The second kappa shape index (κ2) is 3.78. The number of hydrogen-bond acceptors (Lipinski definition) is 2. The van der Waals surface area contributed by atoms with Gasteiger partial charge in [-0.3, -0.25) is 0 Å². The minimum atomic E-state index is 0.0682. The van der Waals surface area contributed by atoms with Gasteiger partial charge in [0, 0.05) is 16.6 Å². The van der Waals surface area contributed by atoms with E-state index in [1.165, 1.54) is 0 Å². The van der Waals surface area contributed by atoms with Crippen LogP contribution in [0.2, 0.25) is 5.02 Å². The normalized spacial score (nSPS) is 12.9. The molecule has 0 aliphatic carbocycles. The average Bonchev–Trinajstić information content (AvgIpc) is 2.03. The van der Waals surface area contributed by atoms with Crippen LogP contribution in [0, 0.1) is 0 Å². The Kier molecular flexibility index (Phi) is 2.95. The molecule has 2 N–H and O–H groups in total. The molecular formula is C9H12ClNO. The molecule has 3 heteroatoms. The Bertz CT molecular complexity index is 255. The van der Waals surface area contributed by atoms with Gasteiger partial charge in [0.2, 0.25) is 0 Å². The predicted octanol–water partition coefficient (Wildman–Crippen LogP) is 2.33. The molecule has 0 radical (unpaired) electrons. The van der Waals surface area contributed by atoms with Gasteiger partial charge in [0.05, 0.1) is 0 Å². The smallest absolute Gasteiger partial charge is 0.121 e. The standard InChI is InChI=1S/C9H12ClNO/c1-6(11-2)9-7(10)4-3-5-8(9)12/h3-6,11-12H,1-2H3. The number of aromatic hydroxyl groups is 1. The molecule has 0 saturated heterocycles. The van der Waals surface area contributed by atoms with Crippen LogP contribution in [0.3, 0.4) is 0 Å². The molecule has 0 bridgehead atoms. The quantitative estimate of drug-likeness (QED) is 0.741. The molecule has 12 heavy (non-hydrogen) atoms. The van der Waals surface area contributed by atoms with Gasteiger partial charge in [-0.2, -0.15) is 0 Å². The van der Waals surface area contributed by atoms with E-state index in [1.54, 1.807) is 18.2 Å². The first-order valence-electron chi connectivity index (χ1n) is 3.81. The number of nitrogens with one attached hydrogen (secondary N) is 1. The second-order valence-corrected chi connectivity index (χ2v) is 3.09. The summed E-state index contributed by atoms with van der Waals surface area (Å²) in [7, 11) is 1.83. The molecule has 1 atom stereocenters. The van der Waals surface area contributed by atoms with Crippen LogP contribution in [0.1, 0.15) is 18.5 Å². The van der Waals surface area contributed by atoms with Crippen molar-refractivity contribution in [2.24, 2.45) is 0 Å². The van der Waals surface area contributed by atoms with Crippen molar-refractivity contribution in [2.75, 3.05) is 7.05 Å². The van der Waals surface area contributed by atoms with Crippen LogP contribution in [0.15, 0.2) is 18.2 Å². The highest BCUT2D eigenvalue weighted by Gasteiger charge is 2.11. The summed E-state index contributed by atoms with van der Waals surface area (Å²) in [6.45, 7) is 1.95. The van der Waals surface area contributed by atoms with Gasteiger partial charge in [0.1, 0.15) is 5.75 Å². The fourth-order valence-corrected chi connectivity index (χ4v) is 1.43. The maximum Gasteiger partial charge on any atom is 0.121 e. The van der Waals surface area contributed by atoms with Crippen molar-refractivity contribution in [3.8, 4) is 5.75 Å². The van der Waals surface area contributed by atoms with Crippen molar-refractivity contribution in [1.82, 2.24) is 5.32 Å². The third kappa shape index (κ3) is 1.71. The first-order chi connectivity index (χ1) is 5.66. The molecule has 1 aromatic rings. The fraction of sp³-hybridized carbons (Fsp3) is 0.333. The maximum atomic E-state index is 9.47. The van der Waals surface area contributed by atoms with Gasteiger partial charge in [0.25, 0.3) is 0 Å². The van der Waals surface area contributed by atoms with Crippen molar-refractivity contribution in [2.45, 2.75) is 13.0 Å². The van der Waals surface area contributed by atoms with Gasteiger partial charge >= 0.3 is 0 Å². The van der Waals surface area contributed by atoms with Crippen LogP contribution in [-0.2, 0) is 0 Å². The second-order valence-electron chi connectivity index (χ2n) is 2.68. The third-order valence-electron chi connectivity index (χ3n) is 1.90. The minimum Gasteiger partial charge on any atom is -0.508 e. The Hall–Kier alpha value is -0.730. The molecule has 0 saturated carbocycles. The van der Waals surface area contributed by atoms with E-state index in [0.717, 1.165) is 5.56 Å². The summed E-state index contributed by atoms with van der Waals surface area (Å²) in [5, 5.41) is 13.1. The molecule has 0 heterocycles. The molecule has 0 aromatic heterocycles. The number of phenolic OH excluding ortho intramolecular Hbond substituents is 1. The first-order valence-corrected chi connectivity index (χ1v) is 4.19. The van der Waals surface area contributed by atoms with Gasteiger partial charge in [-0.15, -0.1) is 0 Å². The zero-order valence-electron chi connectivity index (χ0n) is 7.13. The van der Waals surface area contributed by atoms with E-state index in [1.807, 2.05) is 14.0 Å². The van der Waals surface area contributed by atoms with E-state index in [0.29, 0.717) is 5.02 Å². The van der Waals surface area contributed by atoms with E-state index in [2.05, 4.69) is 5.32 Å². The van der Waals surface area contributed by atoms with Gasteiger partial charge in [0.15, 0.2) is 0 Å². The van der Waals surface area contributed by atoms with Crippen molar-refractivity contribution in [3.63, 3.8) is 0 Å². The van der Waals surface area contributed by atoms with Gasteiger partial charge < -0.3 is 10.4 Å². The number of hydrogen-bond donors (Lipinski definition) is 2. The Morgan fingerprint density at radius 2 is 2.17 bits per heavy atom. The molecular weight excluding hydrogens is 174 g/mol. The van der Waals surface area contributed by atoms with E-state index in [4.69, 9.17) is 11.6 Å². The third-order valence-corrected chi connectivity index (χ3v) is 2.23. The van der Waals surface area contributed by atoms with Crippen molar-refractivity contribution >= 4 is 11.6 Å². The number of benzene rings is 1. The molecule has 0 fully saturated rings. The lowest BCUT2D eigenvalue weighted by molar-refractivity contribution is 0.458.